The molecule has 0 amide bonds. The van der Waals surface area contributed by atoms with Gasteiger partial charge in [-0.3, -0.25) is 9.69 Å². The summed E-state index contributed by atoms with van der Waals surface area (Å²) in [6.45, 7) is 5.94. The van der Waals surface area contributed by atoms with Crippen LogP contribution in [0.5, 0.6) is 0 Å². The second-order valence-electron chi connectivity index (χ2n) is 8.97. The standard InChI is InChI=1S/C24H33N3O4S/c1-19-7-5-13-27(18-19)32(29,30)21-9-4-8-20(15-21)23(28)17-25-16-22(24-10-6-14-31-24)26-11-2-3-12-26/h4,6,8-10,14-15,19,22,25H,2-3,5,7,11-13,16-18H2,1H3. The van der Waals surface area contributed by atoms with E-state index in [2.05, 4.69) is 17.1 Å². The molecule has 8 heteroatoms. The zero-order valence-electron chi connectivity index (χ0n) is 18.7. The second kappa shape index (κ2) is 10.3. The molecule has 2 aliphatic rings. The number of nitrogens with zero attached hydrogens (tertiary/aromatic N) is 2. The van der Waals surface area contributed by atoms with E-state index in [-0.39, 0.29) is 23.3 Å². The van der Waals surface area contributed by atoms with Crippen LogP contribution in [0.2, 0.25) is 0 Å². The molecule has 1 N–H and O–H groups in total. The summed E-state index contributed by atoms with van der Waals surface area (Å²) in [7, 11) is -3.58. The summed E-state index contributed by atoms with van der Waals surface area (Å²) in [5, 5.41) is 3.27. The summed E-state index contributed by atoms with van der Waals surface area (Å²) < 4.78 is 33.3. The van der Waals surface area contributed by atoms with Crippen LogP contribution >= 0.6 is 0 Å². The molecule has 2 fully saturated rings. The predicted molar refractivity (Wildman–Crippen MR) is 123 cm³/mol. The Labute approximate surface area is 190 Å². The molecule has 174 valence electrons. The Bertz CT molecular complexity index is 1000. The van der Waals surface area contributed by atoms with Gasteiger partial charge in [0.2, 0.25) is 10.0 Å². The highest BCUT2D eigenvalue weighted by atomic mass is 32.2. The van der Waals surface area contributed by atoms with Gasteiger partial charge in [-0.2, -0.15) is 4.31 Å². The summed E-state index contributed by atoms with van der Waals surface area (Å²) >= 11 is 0. The van der Waals surface area contributed by atoms with E-state index in [9.17, 15) is 13.2 Å². The first-order chi connectivity index (χ1) is 15.4. The van der Waals surface area contributed by atoms with Crippen molar-refractivity contribution in [2.24, 2.45) is 5.92 Å². The number of benzene rings is 1. The third kappa shape index (κ3) is 5.31. The molecule has 4 rings (SSSR count). The van der Waals surface area contributed by atoms with Gasteiger partial charge < -0.3 is 9.73 Å². The Balaban J connectivity index is 1.39. The van der Waals surface area contributed by atoms with Crippen molar-refractivity contribution in [3.63, 3.8) is 0 Å². The Hall–Kier alpha value is -2.00. The SMILES string of the molecule is CC1CCCN(S(=O)(=O)c2cccc(C(=O)CNCC(c3ccco3)N3CCCC3)c2)C1. The van der Waals surface area contributed by atoms with E-state index < -0.39 is 10.0 Å². The van der Waals surface area contributed by atoms with Crippen LogP contribution in [-0.2, 0) is 10.0 Å². The van der Waals surface area contributed by atoms with Crippen molar-refractivity contribution in [2.45, 2.75) is 43.5 Å². The van der Waals surface area contributed by atoms with Crippen molar-refractivity contribution >= 4 is 15.8 Å². The molecule has 3 heterocycles. The molecule has 2 unspecified atom stereocenters. The van der Waals surface area contributed by atoms with Crippen LogP contribution in [0.3, 0.4) is 0 Å². The first kappa shape index (κ1) is 23.2. The minimum Gasteiger partial charge on any atom is -0.468 e. The molecule has 0 radical (unpaired) electrons. The molecule has 0 aliphatic carbocycles. The van der Waals surface area contributed by atoms with Gasteiger partial charge in [-0.25, -0.2) is 8.42 Å². The average molecular weight is 460 g/mol. The van der Waals surface area contributed by atoms with Gasteiger partial charge in [-0.15, -0.1) is 0 Å². The van der Waals surface area contributed by atoms with Crippen LogP contribution in [0.15, 0.2) is 52.0 Å². The van der Waals surface area contributed by atoms with E-state index in [0.29, 0.717) is 31.1 Å². The number of hydrogen-bond donors (Lipinski definition) is 1. The average Bonchev–Trinajstić information content (AvgIpc) is 3.51. The van der Waals surface area contributed by atoms with Crippen molar-refractivity contribution in [2.75, 3.05) is 39.3 Å². The minimum atomic E-state index is -3.58. The van der Waals surface area contributed by atoms with Crippen LogP contribution in [0.25, 0.3) is 0 Å². The van der Waals surface area contributed by atoms with Crippen molar-refractivity contribution in [3.05, 3.63) is 54.0 Å². The maximum atomic E-state index is 13.1. The highest BCUT2D eigenvalue weighted by Gasteiger charge is 2.29. The summed E-state index contributed by atoms with van der Waals surface area (Å²) in [4.78, 5) is 15.4. The van der Waals surface area contributed by atoms with E-state index in [1.165, 1.54) is 18.9 Å². The highest BCUT2D eigenvalue weighted by molar-refractivity contribution is 7.89. The molecule has 0 bridgehead atoms. The Morgan fingerprint density at radius 2 is 1.97 bits per heavy atom. The Morgan fingerprint density at radius 3 is 2.69 bits per heavy atom. The smallest absolute Gasteiger partial charge is 0.243 e. The zero-order valence-corrected chi connectivity index (χ0v) is 19.5. The number of carbonyl (C=O) groups excluding carboxylic acids is 1. The van der Waals surface area contributed by atoms with Gasteiger partial charge in [-0.1, -0.05) is 19.1 Å². The normalized spacial score (nSPS) is 21.6. The number of furan rings is 1. The fraction of sp³-hybridized carbons (Fsp3) is 0.542. The Morgan fingerprint density at radius 1 is 1.16 bits per heavy atom. The predicted octanol–water partition coefficient (Wildman–Crippen LogP) is 3.31. The molecule has 2 aliphatic heterocycles. The summed E-state index contributed by atoms with van der Waals surface area (Å²) in [5.41, 5.74) is 0.416. The molecule has 1 aromatic heterocycles. The molecule has 0 saturated carbocycles. The number of ketones is 1. The Kier molecular flexibility index (Phi) is 7.45. The highest BCUT2D eigenvalue weighted by Crippen LogP contribution is 2.26. The number of nitrogens with one attached hydrogen (secondary N) is 1. The number of likely N-dealkylation sites (tertiary alicyclic amines) is 1. The molecule has 1 aromatic carbocycles. The van der Waals surface area contributed by atoms with Gasteiger partial charge in [0.25, 0.3) is 0 Å². The van der Waals surface area contributed by atoms with Crippen LogP contribution < -0.4 is 5.32 Å². The molecule has 2 aromatic rings. The third-order valence-corrected chi connectivity index (χ3v) is 8.35. The van der Waals surface area contributed by atoms with Crippen molar-refractivity contribution in [3.8, 4) is 0 Å². The van der Waals surface area contributed by atoms with Gasteiger partial charge in [0.15, 0.2) is 5.78 Å². The maximum absolute atomic E-state index is 13.1. The summed E-state index contributed by atoms with van der Waals surface area (Å²) in [5.74, 6) is 1.13. The van der Waals surface area contributed by atoms with Crippen LogP contribution in [0.4, 0.5) is 0 Å². The number of sulfonamides is 1. The molecule has 2 saturated heterocycles. The van der Waals surface area contributed by atoms with E-state index in [1.54, 1.807) is 28.8 Å². The lowest BCUT2D eigenvalue weighted by atomic mass is 10.0. The topological polar surface area (TPSA) is 82.9 Å². The first-order valence-electron chi connectivity index (χ1n) is 11.6. The number of carbonyl (C=O) groups is 1. The lowest BCUT2D eigenvalue weighted by molar-refractivity contribution is 0.0986. The van der Waals surface area contributed by atoms with E-state index in [0.717, 1.165) is 31.7 Å². The molecular weight excluding hydrogens is 426 g/mol. The minimum absolute atomic E-state index is 0.0908. The molecular formula is C24H33N3O4S. The summed E-state index contributed by atoms with van der Waals surface area (Å²) in [6.07, 6.45) is 5.95. The molecule has 2 atom stereocenters. The van der Waals surface area contributed by atoms with Gasteiger partial charge >= 0.3 is 0 Å². The maximum Gasteiger partial charge on any atom is 0.243 e. The van der Waals surface area contributed by atoms with Gasteiger partial charge in [0, 0.05) is 25.2 Å². The van der Waals surface area contributed by atoms with E-state index >= 15 is 0 Å². The van der Waals surface area contributed by atoms with Crippen molar-refractivity contribution in [1.29, 1.82) is 0 Å². The second-order valence-corrected chi connectivity index (χ2v) is 10.9. The fourth-order valence-corrected chi connectivity index (χ4v) is 6.36. The van der Waals surface area contributed by atoms with Crippen molar-refractivity contribution in [1.82, 2.24) is 14.5 Å². The number of piperidine rings is 1. The monoisotopic (exact) mass is 459 g/mol. The lowest BCUT2D eigenvalue weighted by Crippen LogP contribution is -2.39. The molecule has 7 nitrogen and oxygen atoms in total. The third-order valence-electron chi connectivity index (χ3n) is 6.49. The van der Waals surface area contributed by atoms with Crippen molar-refractivity contribution < 1.29 is 17.6 Å². The zero-order chi connectivity index (χ0) is 22.6. The largest absolute Gasteiger partial charge is 0.468 e. The van der Waals surface area contributed by atoms with Gasteiger partial charge in [-0.05, 0) is 69.0 Å². The van der Waals surface area contributed by atoms with Crippen LogP contribution in [-0.4, -0.2) is 62.7 Å². The number of Topliss-reactive ketones (excluding diaryl/α,β-unsaturated/α-hetero) is 1. The number of hydrogen-bond acceptors (Lipinski definition) is 6. The molecule has 0 spiro atoms. The van der Waals surface area contributed by atoms with E-state index in [4.69, 9.17) is 4.42 Å². The fourth-order valence-electron chi connectivity index (χ4n) is 4.71. The van der Waals surface area contributed by atoms with Gasteiger partial charge in [0.05, 0.1) is 23.7 Å². The summed E-state index contributed by atoms with van der Waals surface area (Å²) in [6, 6.07) is 10.4. The van der Waals surface area contributed by atoms with Gasteiger partial charge in [0.1, 0.15) is 5.76 Å². The van der Waals surface area contributed by atoms with Crippen LogP contribution in [0, 0.1) is 5.92 Å². The van der Waals surface area contributed by atoms with E-state index in [1.807, 2.05) is 12.1 Å². The molecule has 32 heavy (non-hydrogen) atoms. The number of rotatable bonds is 9. The van der Waals surface area contributed by atoms with Crippen LogP contribution in [0.1, 0.15) is 54.8 Å². The first-order valence-corrected chi connectivity index (χ1v) is 13.0. The lowest BCUT2D eigenvalue weighted by Gasteiger charge is -2.30. The quantitative estimate of drug-likeness (QED) is 0.580.